The van der Waals surface area contributed by atoms with Gasteiger partial charge in [0.05, 0.1) is 18.4 Å². The molecule has 0 aliphatic heterocycles. The first-order valence-corrected chi connectivity index (χ1v) is 8.18. The maximum absolute atomic E-state index is 11.9. The Morgan fingerprint density at radius 3 is 2.72 bits per heavy atom. The minimum Gasteiger partial charge on any atom is -0.492 e. The molecule has 2 rings (SSSR count). The van der Waals surface area contributed by atoms with E-state index in [1.807, 2.05) is 37.3 Å². The van der Waals surface area contributed by atoms with Gasteiger partial charge in [-0.1, -0.05) is 18.2 Å². The fourth-order valence-corrected chi connectivity index (χ4v) is 1.98. The van der Waals surface area contributed by atoms with E-state index in [2.05, 4.69) is 25.9 Å². The van der Waals surface area contributed by atoms with Gasteiger partial charge in [0.1, 0.15) is 18.9 Å². The number of anilines is 1. The largest absolute Gasteiger partial charge is 0.492 e. The minimum atomic E-state index is -0.203. The summed E-state index contributed by atoms with van der Waals surface area (Å²) in [6.45, 7) is 3.76. The topological polar surface area (TPSA) is 87.6 Å². The highest BCUT2D eigenvalue weighted by atomic mass is 16.5. The van der Waals surface area contributed by atoms with Crippen molar-refractivity contribution in [3.8, 4) is 5.75 Å². The number of aromatic nitrogens is 1. The Labute approximate surface area is 147 Å². The number of guanidine groups is 1. The van der Waals surface area contributed by atoms with E-state index in [1.165, 1.54) is 0 Å². The molecule has 0 unspecified atom stereocenters. The fourth-order valence-electron chi connectivity index (χ4n) is 1.98. The molecule has 0 bridgehead atoms. The van der Waals surface area contributed by atoms with Gasteiger partial charge in [0.15, 0.2) is 5.96 Å². The van der Waals surface area contributed by atoms with Gasteiger partial charge >= 0.3 is 0 Å². The van der Waals surface area contributed by atoms with Gasteiger partial charge in [-0.3, -0.25) is 9.78 Å². The number of ether oxygens (including phenoxy) is 1. The predicted molar refractivity (Wildman–Crippen MR) is 98.8 cm³/mol. The average Bonchev–Trinajstić information content (AvgIpc) is 2.65. The molecule has 1 amide bonds. The first-order valence-electron chi connectivity index (χ1n) is 8.18. The number of pyridine rings is 1. The molecule has 0 saturated carbocycles. The van der Waals surface area contributed by atoms with Crippen molar-refractivity contribution >= 4 is 17.6 Å². The Hall–Kier alpha value is -3.09. The molecule has 0 aliphatic rings. The first-order chi connectivity index (χ1) is 12.3. The smallest absolute Gasteiger partial charge is 0.246 e. The molecule has 7 heteroatoms. The van der Waals surface area contributed by atoms with Crippen LogP contribution >= 0.6 is 0 Å². The van der Waals surface area contributed by atoms with Crippen molar-refractivity contribution in [2.45, 2.75) is 6.92 Å². The summed E-state index contributed by atoms with van der Waals surface area (Å²) in [6.07, 6.45) is 3.24. The van der Waals surface area contributed by atoms with Gasteiger partial charge in [0, 0.05) is 12.7 Å². The van der Waals surface area contributed by atoms with E-state index in [-0.39, 0.29) is 12.5 Å². The molecule has 132 valence electrons. The average molecular weight is 341 g/mol. The SMILES string of the molecule is CCNC(=NCC(=O)Nc1cccnc1)NCCOc1ccccc1. The van der Waals surface area contributed by atoms with Crippen LogP contribution in [0.15, 0.2) is 59.9 Å². The lowest BCUT2D eigenvalue weighted by molar-refractivity contribution is -0.114. The van der Waals surface area contributed by atoms with Crippen LogP contribution in [0.1, 0.15) is 6.92 Å². The summed E-state index contributed by atoms with van der Waals surface area (Å²) in [4.78, 5) is 20.1. The third-order valence-electron chi connectivity index (χ3n) is 3.08. The standard InChI is InChI=1S/C18H23N5O2/c1-2-20-18(21-11-12-25-16-8-4-3-5-9-16)22-14-17(24)23-15-7-6-10-19-13-15/h3-10,13H,2,11-12,14H2,1H3,(H,23,24)(H2,20,21,22). The normalized spacial score (nSPS) is 10.8. The zero-order valence-corrected chi connectivity index (χ0v) is 14.2. The highest BCUT2D eigenvalue weighted by Crippen LogP contribution is 2.07. The van der Waals surface area contributed by atoms with Crippen LogP contribution in [0.5, 0.6) is 5.75 Å². The molecule has 7 nitrogen and oxygen atoms in total. The summed E-state index contributed by atoms with van der Waals surface area (Å²) in [6, 6.07) is 13.1. The Balaban J connectivity index is 1.74. The quantitative estimate of drug-likeness (QED) is 0.386. The summed E-state index contributed by atoms with van der Waals surface area (Å²) in [7, 11) is 0. The van der Waals surface area contributed by atoms with Crippen LogP contribution in [-0.2, 0) is 4.79 Å². The number of amides is 1. The van der Waals surface area contributed by atoms with Crippen LogP contribution in [0.2, 0.25) is 0 Å². The molecule has 0 atom stereocenters. The lowest BCUT2D eigenvalue weighted by Crippen LogP contribution is -2.39. The molecule has 1 aromatic carbocycles. The van der Waals surface area contributed by atoms with E-state index in [4.69, 9.17) is 4.74 Å². The Morgan fingerprint density at radius 2 is 2.00 bits per heavy atom. The summed E-state index contributed by atoms with van der Waals surface area (Å²) < 4.78 is 5.61. The number of carbonyl (C=O) groups excluding carboxylic acids is 1. The van der Waals surface area contributed by atoms with Crippen LogP contribution in [-0.4, -0.2) is 43.1 Å². The first kappa shape index (κ1) is 18.3. The van der Waals surface area contributed by atoms with Gasteiger partial charge in [0.2, 0.25) is 5.91 Å². The summed E-state index contributed by atoms with van der Waals surface area (Å²) in [5.74, 6) is 1.19. The van der Waals surface area contributed by atoms with Gasteiger partial charge in [0.25, 0.3) is 0 Å². The lowest BCUT2D eigenvalue weighted by Gasteiger charge is -2.12. The van der Waals surface area contributed by atoms with Crippen molar-refractivity contribution in [3.05, 3.63) is 54.9 Å². The maximum Gasteiger partial charge on any atom is 0.246 e. The molecular weight excluding hydrogens is 318 g/mol. The Kier molecular flexibility index (Phi) is 7.77. The van der Waals surface area contributed by atoms with Crippen LogP contribution in [0.3, 0.4) is 0 Å². The second-order valence-electron chi connectivity index (χ2n) is 5.07. The zero-order chi connectivity index (χ0) is 17.7. The van der Waals surface area contributed by atoms with Crippen molar-refractivity contribution in [1.82, 2.24) is 15.6 Å². The van der Waals surface area contributed by atoms with Crippen LogP contribution < -0.4 is 20.7 Å². The molecule has 3 N–H and O–H groups in total. The maximum atomic E-state index is 11.9. The van der Waals surface area contributed by atoms with Gasteiger partial charge in [-0.15, -0.1) is 0 Å². The number of nitrogens with zero attached hydrogens (tertiary/aromatic N) is 2. The minimum absolute atomic E-state index is 0.0176. The molecule has 0 aliphatic carbocycles. The number of carbonyl (C=O) groups is 1. The molecule has 25 heavy (non-hydrogen) atoms. The molecule has 0 spiro atoms. The van der Waals surface area contributed by atoms with Crippen molar-refractivity contribution in [3.63, 3.8) is 0 Å². The third kappa shape index (κ3) is 7.34. The fraction of sp³-hybridized carbons (Fsp3) is 0.278. The van der Waals surface area contributed by atoms with Crippen molar-refractivity contribution in [2.24, 2.45) is 4.99 Å². The predicted octanol–water partition coefficient (Wildman–Crippen LogP) is 1.65. The number of rotatable bonds is 8. The van der Waals surface area contributed by atoms with E-state index in [9.17, 15) is 4.79 Å². The van der Waals surface area contributed by atoms with E-state index in [0.717, 1.165) is 5.75 Å². The molecule has 0 saturated heterocycles. The van der Waals surface area contributed by atoms with Gasteiger partial charge < -0.3 is 20.7 Å². The highest BCUT2D eigenvalue weighted by Gasteiger charge is 2.03. The zero-order valence-electron chi connectivity index (χ0n) is 14.2. The molecule has 1 aromatic heterocycles. The summed E-state index contributed by atoms with van der Waals surface area (Å²) in [5.41, 5.74) is 0.650. The van der Waals surface area contributed by atoms with Gasteiger partial charge in [-0.05, 0) is 31.2 Å². The van der Waals surface area contributed by atoms with E-state index < -0.39 is 0 Å². The van der Waals surface area contributed by atoms with E-state index in [1.54, 1.807) is 24.5 Å². The number of benzene rings is 1. The van der Waals surface area contributed by atoms with E-state index in [0.29, 0.717) is 31.3 Å². The lowest BCUT2D eigenvalue weighted by atomic mass is 10.3. The Bertz CT molecular complexity index is 662. The van der Waals surface area contributed by atoms with Gasteiger partial charge in [-0.25, -0.2) is 4.99 Å². The monoisotopic (exact) mass is 341 g/mol. The molecule has 0 radical (unpaired) electrons. The van der Waals surface area contributed by atoms with Crippen molar-refractivity contribution in [1.29, 1.82) is 0 Å². The Morgan fingerprint density at radius 1 is 1.16 bits per heavy atom. The molecular formula is C18H23N5O2. The number of nitrogens with one attached hydrogen (secondary N) is 3. The number of aliphatic imine (C=N–C) groups is 1. The van der Waals surface area contributed by atoms with Crippen LogP contribution in [0, 0.1) is 0 Å². The second-order valence-corrected chi connectivity index (χ2v) is 5.07. The van der Waals surface area contributed by atoms with Crippen LogP contribution in [0.4, 0.5) is 5.69 Å². The van der Waals surface area contributed by atoms with Gasteiger partial charge in [-0.2, -0.15) is 0 Å². The molecule has 1 heterocycles. The number of para-hydroxylation sites is 1. The summed E-state index contributed by atoms with van der Waals surface area (Å²) >= 11 is 0. The third-order valence-corrected chi connectivity index (χ3v) is 3.08. The molecule has 2 aromatic rings. The highest BCUT2D eigenvalue weighted by molar-refractivity contribution is 5.93. The van der Waals surface area contributed by atoms with Crippen molar-refractivity contribution in [2.75, 3.05) is 31.6 Å². The summed E-state index contributed by atoms with van der Waals surface area (Å²) in [5, 5.41) is 8.96. The van der Waals surface area contributed by atoms with Crippen LogP contribution in [0.25, 0.3) is 0 Å². The van der Waals surface area contributed by atoms with E-state index >= 15 is 0 Å². The number of hydrogen-bond acceptors (Lipinski definition) is 4. The van der Waals surface area contributed by atoms with Crippen molar-refractivity contribution < 1.29 is 9.53 Å². The number of hydrogen-bond donors (Lipinski definition) is 3. The molecule has 0 fully saturated rings. The second kappa shape index (κ2) is 10.6.